The van der Waals surface area contributed by atoms with Gasteiger partial charge in [-0.1, -0.05) is 17.7 Å². The number of nitrogens with zero attached hydrogens (tertiary/aromatic N) is 1. The fourth-order valence-corrected chi connectivity index (χ4v) is 4.33. The van der Waals surface area contributed by atoms with Crippen LogP contribution < -0.4 is 10.6 Å². The Bertz CT molecular complexity index is 797. The molecule has 1 aromatic carbocycles. The molecule has 2 aliphatic heterocycles. The number of thiophene rings is 1. The van der Waals surface area contributed by atoms with E-state index in [1.54, 1.807) is 24.3 Å². The number of carbonyl (C=O) groups excluding carboxylic acids is 2. The summed E-state index contributed by atoms with van der Waals surface area (Å²) in [7, 11) is 0. The average molecular weight is 376 g/mol. The molecule has 130 valence electrons. The second kappa shape index (κ2) is 6.78. The van der Waals surface area contributed by atoms with Crippen LogP contribution in [-0.4, -0.2) is 42.9 Å². The molecule has 3 heterocycles. The van der Waals surface area contributed by atoms with Gasteiger partial charge in [0.15, 0.2) is 0 Å². The molecule has 0 aliphatic carbocycles. The van der Waals surface area contributed by atoms with Crippen LogP contribution >= 0.6 is 22.9 Å². The Morgan fingerprint density at radius 1 is 1.20 bits per heavy atom. The van der Waals surface area contributed by atoms with E-state index >= 15 is 0 Å². The van der Waals surface area contributed by atoms with Gasteiger partial charge in [0.05, 0.1) is 15.6 Å². The molecule has 0 radical (unpaired) electrons. The van der Waals surface area contributed by atoms with E-state index in [0.29, 0.717) is 33.0 Å². The van der Waals surface area contributed by atoms with Crippen molar-refractivity contribution in [2.75, 3.05) is 31.5 Å². The Morgan fingerprint density at radius 3 is 2.64 bits per heavy atom. The quantitative estimate of drug-likeness (QED) is 0.867. The van der Waals surface area contributed by atoms with Gasteiger partial charge in [-0.05, 0) is 41.5 Å². The first-order chi connectivity index (χ1) is 12.1. The van der Waals surface area contributed by atoms with Crippen molar-refractivity contribution in [1.29, 1.82) is 0 Å². The molecule has 2 aliphatic rings. The van der Waals surface area contributed by atoms with Crippen LogP contribution in [0.4, 0.5) is 5.69 Å². The van der Waals surface area contributed by atoms with E-state index < -0.39 is 0 Å². The molecule has 4 rings (SSSR count). The predicted molar refractivity (Wildman–Crippen MR) is 99.5 cm³/mol. The molecular weight excluding hydrogens is 358 g/mol. The summed E-state index contributed by atoms with van der Waals surface area (Å²) in [5.74, 6) is 0.879. The van der Waals surface area contributed by atoms with Crippen LogP contribution in [0.25, 0.3) is 0 Å². The van der Waals surface area contributed by atoms with Crippen LogP contribution in [0, 0.1) is 11.8 Å². The molecule has 0 saturated carbocycles. The monoisotopic (exact) mass is 375 g/mol. The fourth-order valence-electron chi connectivity index (χ4n) is 3.55. The number of fused-ring (bicyclic) bond motifs is 1. The molecule has 2 aromatic rings. The van der Waals surface area contributed by atoms with Gasteiger partial charge in [0.1, 0.15) is 0 Å². The molecular formula is C18H18ClN3O2S. The lowest BCUT2D eigenvalue weighted by Crippen LogP contribution is -2.31. The van der Waals surface area contributed by atoms with E-state index in [2.05, 4.69) is 10.6 Å². The van der Waals surface area contributed by atoms with Crippen molar-refractivity contribution < 1.29 is 9.59 Å². The molecule has 0 unspecified atom stereocenters. The largest absolute Gasteiger partial charge is 0.338 e. The third-order valence-corrected chi connectivity index (χ3v) is 6.08. The lowest BCUT2D eigenvalue weighted by Gasteiger charge is -2.18. The number of carbonyl (C=O) groups is 2. The molecule has 25 heavy (non-hydrogen) atoms. The maximum Gasteiger partial charge on any atom is 0.265 e. The zero-order valence-corrected chi connectivity index (χ0v) is 15.1. The van der Waals surface area contributed by atoms with Crippen LogP contribution in [0.1, 0.15) is 20.0 Å². The summed E-state index contributed by atoms with van der Waals surface area (Å²) in [6.07, 6.45) is 0. The van der Waals surface area contributed by atoms with Crippen LogP contribution in [0.5, 0.6) is 0 Å². The minimum absolute atomic E-state index is 0.00214. The number of halogens is 1. The normalized spacial score (nSPS) is 22.0. The number of likely N-dealkylation sites (tertiary alicyclic amines) is 1. The van der Waals surface area contributed by atoms with Crippen molar-refractivity contribution in [2.24, 2.45) is 11.8 Å². The predicted octanol–water partition coefficient (Wildman–Crippen LogP) is 2.95. The smallest absolute Gasteiger partial charge is 0.265 e. The van der Waals surface area contributed by atoms with E-state index in [9.17, 15) is 9.59 Å². The van der Waals surface area contributed by atoms with Gasteiger partial charge in [0.25, 0.3) is 11.8 Å². The molecule has 0 bridgehead atoms. The molecule has 1 aromatic heterocycles. The Hall–Kier alpha value is -1.89. The summed E-state index contributed by atoms with van der Waals surface area (Å²) in [6.45, 7) is 3.54. The van der Waals surface area contributed by atoms with Crippen LogP contribution in [0.15, 0.2) is 35.7 Å². The van der Waals surface area contributed by atoms with Crippen LogP contribution in [-0.2, 0) is 0 Å². The molecule has 2 fully saturated rings. The Balaban J connectivity index is 1.51. The number of anilines is 1. The topological polar surface area (TPSA) is 61.4 Å². The van der Waals surface area contributed by atoms with E-state index in [4.69, 9.17) is 11.6 Å². The van der Waals surface area contributed by atoms with Crippen molar-refractivity contribution >= 4 is 40.4 Å². The SMILES string of the molecule is O=C(Nc1cc(C(=O)N2C[C@H]3CNC[C@H]3C2)ccc1Cl)c1cccs1. The third-order valence-electron chi connectivity index (χ3n) is 4.88. The molecule has 2 atom stereocenters. The Labute approximate surface area is 155 Å². The highest BCUT2D eigenvalue weighted by atomic mass is 35.5. The zero-order chi connectivity index (χ0) is 17.4. The van der Waals surface area contributed by atoms with E-state index in [1.807, 2.05) is 16.3 Å². The van der Waals surface area contributed by atoms with Crippen LogP contribution in [0.3, 0.4) is 0 Å². The maximum absolute atomic E-state index is 12.8. The van der Waals surface area contributed by atoms with Gasteiger partial charge >= 0.3 is 0 Å². The Kier molecular flexibility index (Phi) is 4.50. The lowest BCUT2D eigenvalue weighted by molar-refractivity contribution is 0.0781. The standard InChI is InChI=1S/C18H18ClN3O2S/c19-14-4-3-11(6-15(14)21-17(23)16-2-1-5-25-16)18(24)22-9-12-7-20-8-13(12)10-22/h1-6,12-13,20H,7-10H2,(H,21,23)/t12-,13+. The van der Waals surface area contributed by atoms with Crippen molar-refractivity contribution in [3.05, 3.63) is 51.2 Å². The minimum Gasteiger partial charge on any atom is -0.338 e. The van der Waals surface area contributed by atoms with Gasteiger partial charge in [0, 0.05) is 31.7 Å². The molecule has 0 spiro atoms. The minimum atomic E-state index is -0.219. The number of amides is 2. The summed E-state index contributed by atoms with van der Waals surface area (Å²) in [5.41, 5.74) is 1.02. The van der Waals surface area contributed by atoms with Crippen molar-refractivity contribution in [3.63, 3.8) is 0 Å². The average Bonchev–Trinajstić information content (AvgIpc) is 3.33. The number of hydrogen-bond donors (Lipinski definition) is 2. The van der Waals surface area contributed by atoms with E-state index in [0.717, 1.165) is 26.2 Å². The first kappa shape index (κ1) is 16.6. The van der Waals surface area contributed by atoms with Gasteiger partial charge in [-0.2, -0.15) is 0 Å². The highest BCUT2D eigenvalue weighted by molar-refractivity contribution is 7.12. The van der Waals surface area contributed by atoms with Gasteiger partial charge in [-0.3, -0.25) is 9.59 Å². The summed E-state index contributed by atoms with van der Waals surface area (Å²) in [6, 6.07) is 8.62. The fraction of sp³-hybridized carbons (Fsp3) is 0.333. The van der Waals surface area contributed by atoms with Gasteiger partial charge in [-0.25, -0.2) is 0 Å². The first-order valence-electron chi connectivity index (χ1n) is 8.26. The number of nitrogens with one attached hydrogen (secondary N) is 2. The first-order valence-corrected chi connectivity index (χ1v) is 9.52. The van der Waals surface area contributed by atoms with Gasteiger partial charge in [0.2, 0.25) is 0 Å². The summed E-state index contributed by atoms with van der Waals surface area (Å²) in [4.78, 5) is 27.6. The number of benzene rings is 1. The lowest BCUT2D eigenvalue weighted by atomic mass is 10.0. The molecule has 2 N–H and O–H groups in total. The van der Waals surface area contributed by atoms with Crippen molar-refractivity contribution in [2.45, 2.75) is 0 Å². The molecule has 2 saturated heterocycles. The van der Waals surface area contributed by atoms with E-state index in [1.165, 1.54) is 11.3 Å². The van der Waals surface area contributed by atoms with E-state index in [-0.39, 0.29) is 11.8 Å². The van der Waals surface area contributed by atoms with Crippen molar-refractivity contribution in [3.8, 4) is 0 Å². The van der Waals surface area contributed by atoms with Gasteiger partial charge < -0.3 is 15.5 Å². The van der Waals surface area contributed by atoms with Crippen molar-refractivity contribution in [1.82, 2.24) is 10.2 Å². The molecule has 2 amide bonds. The molecule has 7 heteroatoms. The zero-order valence-electron chi connectivity index (χ0n) is 13.5. The number of rotatable bonds is 3. The summed E-state index contributed by atoms with van der Waals surface area (Å²) in [5, 5.41) is 8.43. The maximum atomic E-state index is 12.8. The summed E-state index contributed by atoms with van der Waals surface area (Å²) >= 11 is 7.56. The highest BCUT2D eigenvalue weighted by Crippen LogP contribution is 2.29. The summed E-state index contributed by atoms with van der Waals surface area (Å²) < 4.78 is 0. The Morgan fingerprint density at radius 2 is 1.96 bits per heavy atom. The second-order valence-corrected chi connectivity index (χ2v) is 7.87. The van der Waals surface area contributed by atoms with Crippen LogP contribution in [0.2, 0.25) is 5.02 Å². The second-order valence-electron chi connectivity index (χ2n) is 6.51. The molecule has 5 nitrogen and oxygen atoms in total. The third kappa shape index (κ3) is 3.29. The van der Waals surface area contributed by atoms with Gasteiger partial charge in [-0.15, -0.1) is 11.3 Å². The number of hydrogen-bond acceptors (Lipinski definition) is 4. The highest BCUT2D eigenvalue weighted by Gasteiger charge is 2.38.